The first kappa shape index (κ1) is 14.4. The Morgan fingerprint density at radius 2 is 2.00 bits per heavy atom. The number of sulfone groups is 1. The summed E-state index contributed by atoms with van der Waals surface area (Å²) in [4.78, 5) is 6.98. The van der Waals surface area contributed by atoms with E-state index in [1.165, 1.54) is 18.3 Å². The fourth-order valence-corrected chi connectivity index (χ4v) is 2.16. The van der Waals surface area contributed by atoms with Gasteiger partial charge in [0.1, 0.15) is 5.69 Å². The van der Waals surface area contributed by atoms with E-state index in [4.69, 9.17) is 0 Å². The largest absolute Gasteiger partial charge is 0.471 e. The van der Waals surface area contributed by atoms with Crippen LogP contribution in [-0.4, -0.2) is 29.8 Å². The highest BCUT2D eigenvalue weighted by atomic mass is 32.2. The average molecular weight is 307 g/mol. The van der Waals surface area contributed by atoms with Crippen molar-refractivity contribution in [3.05, 3.63) is 29.8 Å². The summed E-state index contributed by atoms with van der Waals surface area (Å²) >= 11 is 0. The lowest BCUT2D eigenvalue weighted by atomic mass is 10.2. The number of alkyl halides is 3. The second-order valence-corrected chi connectivity index (χ2v) is 6.18. The molecule has 0 atom stereocenters. The van der Waals surface area contributed by atoms with Gasteiger partial charge in [0, 0.05) is 12.5 Å². The lowest BCUT2D eigenvalue weighted by Crippen LogP contribution is -2.05. The van der Waals surface area contributed by atoms with Crippen LogP contribution in [0.2, 0.25) is 0 Å². The molecule has 0 aliphatic heterocycles. The minimum Gasteiger partial charge on any atom is -0.329 e. The van der Waals surface area contributed by atoms with Crippen LogP contribution < -0.4 is 0 Å². The monoisotopic (exact) mass is 307 g/mol. The van der Waals surface area contributed by atoms with Gasteiger partial charge in [-0.1, -0.05) is 11.2 Å². The van der Waals surface area contributed by atoms with E-state index in [1.807, 2.05) is 0 Å². The van der Waals surface area contributed by atoms with Crippen molar-refractivity contribution in [2.24, 2.45) is 0 Å². The number of hydrogen-bond donors (Lipinski definition) is 0. The van der Waals surface area contributed by atoms with Crippen molar-refractivity contribution >= 4 is 9.84 Å². The number of pyridine rings is 1. The third kappa shape index (κ3) is 3.53. The molecule has 0 bridgehead atoms. The Balaban J connectivity index is 2.24. The van der Waals surface area contributed by atoms with Crippen LogP contribution in [0.25, 0.3) is 11.5 Å². The van der Waals surface area contributed by atoms with Crippen LogP contribution in [0.3, 0.4) is 0 Å². The van der Waals surface area contributed by atoms with Gasteiger partial charge in [-0.2, -0.15) is 18.2 Å². The Labute approximate surface area is 111 Å². The van der Waals surface area contributed by atoms with Gasteiger partial charge >= 0.3 is 12.1 Å². The van der Waals surface area contributed by atoms with Gasteiger partial charge in [0.15, 0.2) is 9.84 Å². The van der Waals surface area contributed by atoms with Gasteiger partial charge in [-0.3, -0.25) is 4.98 Å². The van der Waals surface area contributed by atoms with E-state index in [9.17, 15) is 21.6 Å². The van der Waals surface area contributed by atoms with Gasteiger partial charge in [-0.05, 0) is 11.6 Å². The predicted molar refractivity (Wildman–Crippen MR) is 61.1 cm³/mol. The zero-order valence-corrected chi connectivity index (χ0v) is 10.9. The van der Waals surface area contributed by atoms with Crippen molar-refractivity contribution in [2.45, 2.75) is 11.9 Å². The van der Waals surface area contributed by atoms with E-state index in [0.717, 1.165) is 6.26 Å². The summed E-state index contributed by atoms with van der Waals surface area (Å²) in [7, 11) is -3.21. The Kier molecular flexibility index (Phi) is 3.50. The molecule has 0 aliphatic carbocycles. The molecule has 2 aromatic heterocycles. The normalized spacial score (nSPS) is 12.6. The van der Waals surface area contributed by atoms with E-state index in [0.29, 0.717) is 5.56 Å². The summed E-state index contributed by atoms with van der Waals surface area (Å²) in [5, 5.41) is 3.17. The van der Waals surface area contributed by atoms with Crippen LogP contribution in [0, 0.1) is 0 Å². The van der Waals surface area contributed by atoms with Gasteiger partial charge in [-0.15, -0.1) is 0 Å². The van der Waals surface area contributed by atoms with Crippen molar-refractivity contribution in [1.29, 1.82) is 0 Å². The van der Waals surface area contributed by atoms with Crippen molar-refractivity contribution in [3.8, 4) is 11.5 Å². The minimum absolute atomic E-state index is 0.0569. The van der Waals surface area contributed by atoms with E-state index in [2.05, 4.69) is 19.6 Å². The van der Waals surface area contributed by atoms with Gasteiger partial charge < -0.3 is 4.52 Å². The number of aromatic nitrogens is 3. The van der Waals surface area contributed by atoms with Crippen molar-refractivity contribution in [1.82, 2.24) is 15.1 Å². The first-order chi connectivity index (χ1) is 9.15. The molecule has 0 fully saturated rings. The van der Waals surface area contributed by atoms with Gasteiger partial charge in [0.05, 0.1) is 5.75 Å². The summed E-state index contributed by atoms with van der Waals surface area (Å²) in [5.41, 5.74) is 0.470. The molecule has 0 aromatic carbocycles. The van der Waals surface area contributed by atoms with Crippen molar-refractivity contribution in [2.75, 3.05) is 6.26 Å². The molecule has 0 N–H and O–H groups in total. The quantitative estimate of drug-likeness (QED) is 0.858. The molecule has 2 aromatic rings. The maximum Gasteiger partial charge on any atom is 0.471 e. The van der Waals surface area contributed by atoms with Crippen LogP contribution >= 0.6 is 0 Å². The Bertz CT molecular complexity index is 707. The zero-order valence-electron chi connectivity index (χ0n) is 10.0. The maximum atomic E-state index is 12.3. The molecule has 0 saturated heterocycles. The molecule has 108 valence electrons. The topological polar surface area (TPSA) is 86.0 Å². The summed E-state index contributed by atoms with van der Waals surface area (Å²) in [6.45, 7) is 0. The zero-order chi connectivity index (χ0) is 15.0. The lowest BCUT2D eigenvalue weighted by molar-refractivity contribution is -0.159. The third-order valence-corrected chi connectivity index (χ3v) is 3.01. The first-order valence-corrected chi connectivity index (χ1v) is 7.25. The second-order valence-electron chi connectivity index (χ2n) is 4.04. The van der Waals surface area contributed by atoms with Crippen LogP contribution in [-0.2, 0) is 21.8 Å². The van der Waals surface area contributed by atoms with E-state index >= 15 is 0 Å². The van der Waals surface area contributed by atoms with Gasteiger partial charge in [0.25, 0.3) is 0 Å². The fraction of sp³-hybridized carbons (Fsp3) is 0.300. The standard InChI is InChI=1S/C10H8F3N3O3S/c1-20(17,18)5-6-2-3-7(14-4-6)8-15-9(19-16-8)10(11,12)13/h2-4H,5H2,1H3. The summed E-state index contributed by atoms with van der Waals surface area (Å²) in [5.74, 6) is -1.99. The SMILES string of the molecule is CS(=O)(=O)Cc1ccc(-c2noc(C(F)(F)F)n2)nc1. The molecule has 0 saturated carbocycles. The molecule has 0 unspecified atom stereocenters. The van der Waals surface area contributed by atoms with Gasteiger partial charge in [-0.25, -0.2) is 8.42 Å². The smallest absolute Gasteiger partial charge is 0.329 e. The second kappa shape index (κ2) is 4.85. The van der Waals surface area contributed by atoms with E-state index in [1.54, 1.807) is 0 Å². The summed E-state index contributed by atoms with van der Waals surface area (Å²) in [6, 6.07) is 2.75. The van der Waals surface area contributed by atoms with Crippen LogP contribution in [0.1, 0.15) is 11.5 Å². The van der Waals surface area contributed by atoms with E-state index < -0.39 is 21.9 Å². The Hall–Kier alpha value is -1.97. The summed E-state index contributed by atoms with van der Waals surface area (Å²) in [6.07, 6.45) is -2.42. The molecule has 2 heterocycles. The third-order valence-electron chi connectivity index (χ3n) is 2.15. The minimum atomic E-state index is -4.72. The molecular formula is C10H8F3N3O3S. The van der Waals surface area contributed by atoms with Crippen LogP contribution in [0.15, 0.2) is 22.9 Å². The Morgan fingerprint density at radius 1 is 1.30 bits per heavy atom. The molecule has 0 radical (unpaired) electrons. The molecule has 0 spiro atoms. The highest BCUT2D eigenvalue weighted by Crippen LogP contribution is 2.28. The predicted octanol–water partition coefficient (Wildman–Crippen LogP) is 1.70. The van der Waals surface area contributed by atoms with Gasteiger partial charge in [0.2, 0.25) is 5.82 Å². The molecule has 0 aliphatic rings. The summed E-state index contributed by atoms with van der Waals surface area (Å²) < 4.78 is 63.1. The van der Waals surface area contributed by atoms with E-state index in [-0.39, 0.29) is 17.3 Å². The maximum absolute atomic E-state index is 12.3. The molecule has 20 heavy (non-hydrogen) atoms. The molecule has 0 amide bonds. The highest BCUT2D eigenvalue weighted by molar-refractivity contribution is 7.89. The van der Waals surface area contributed by atoms with Crippen molar-refractivity contribution in [3.63, 3.8) is 0 Å². The molecule has 10 heteroatoms. The van der Waals surface area contributed by atoms with Crippen LogP contribution in [0.5, 0.6) is 0 Å². The highest BCUT2D eigenvalue weighted by Gasteiger charge is 2.38. The molecular weight excluding hydrogens is 299 g/mol. The number of rotatable bonds is 3. The first-order valence-electron chi connectivity index (χ1n) is 5.19. The Morgan fingerprint density at radius 3 is 2.45 bits per heavy atom. The molecule has 2 rings (SSSR count). The lowest BCUT2D eigenvalue weighted by Gasteiger charge is -1.99. The number of hydrogen-bond acceptors (Lipinski definition) is 6. The van der Waals surface area contributed by atoms with Crippen molar-refractivity contribution < 1.29 is 26.1 Å². The number of halogens is 3. The number of nitrogens with zero attached hydrogens (tertiary/aromatic N) is 3. The fourth-order valence-electron chi connectivity index (χ4n) is 1.39. The molecule has 6 nitrogen and oxygen atoms in total. The van der Waals surface area contributed by atoms with Crippen LogP contribution in [0.4, 0.5) is 13.2 Å². The average Bonchev–Trinajstić information content (AvgIpc) is 2.76.